The number of aromatic hydroxyl groups is 1. The van der Waals surface area contributed by atoms with Crippen LogP contribution in [0.4, 0.5) is 8.78 Å². The highest BCUT2D eigenvalue weighted by Crippen LogP contribution is 2.32. The molecule has 0 saturated heterocycles. The average molecular weight is 521 g/mol. The Morgan fingerprint density at radius 3 is 2.69 bits per heavy atom. The summed E-state index contributed by atoms with van der Waals surface area (Å²) in [4.78, 5) is 27.8. The molecule has 1 aromatic carbocycles. The number of hydrogen-bond acceptors (Lipinski definition) is 8. The van der Waals surface area contributed by atoms with Crippen LogP contribution in [0.5, 0.6) is 5.75 Å². The van der Waals surface area contributed by atoms with Gasteiger partial charge in [0.15, 0.2) is 16.5 Å². The van der Waals surface area contributed by atoms with Crippen molar-refractivity contribution in [3.63, 3.8) is 0 Å². The number of carbonyl (C=O) groups is 1. The Morgan fingerprint density at radius 2 is 2.00 bits per heavy atom. The van der Waals surface area contributed by atoms with Crippen molar-refractivity contribution in [1.82, 2.24) is 19.7 Å². The molecule has 1 aliphatic rings. The number of methoxy groups -OCH3 is 1. The summed E-state index contributed by atoms with van der Waals surface area (Å²) < 4.78 is 39.5. The SMILES string of the molecule is COCCOCC1CN(C(C)C)C(=O)c2c(O)c(=O)c(-c3nnc(Cc4ccc(F)cc4F)s3)cn21. The second-order valence-corrected chi connectivity index (χ2v) is 9.72. The predicted molar refractivity (Wildman–Crippen MR) is 128 cm³/mol. The van der Waals surface area contributed by atoms with E-state index in [0.717, 1.165) is 23.5 Å². The molecule has 3 heterocycles. The molecular weight excluding hydrogens is 494 g/mol. The van der Waals surface area contributed by atoms with Crippen LogP contribution in [0.2, 0.25) is 0 Å². The molecule has 0 aliphatic carbocycles. The zero-order valence-corrected chi connectivity index (χ0v) is 20.8. The van der Waals surface area contributed by atoms with Gasteiger partial charge in [0.05, 0.1) is 31.4 Å². The first-order chi connectivity index (χ1) is 17.2. The highest BCUT2D eigenvalue weighted by atomic mass is 32.1. The third-order valence-electron chi connectivity index (χ3n) is 5.89. The van der Waals surface area contributed by atoms with Gasteiger partial charge >= 0.3 is 0 Å². The van der Waals surface area contributed by atoms with Crippen LogP contribution in [-0.4, -0.2) is 70.2 Å². The number of nitrogens with zero attached hydrogens (tertiary/aromatic N) is 4. The van der Waals surface area contributed by atoms with Crippen molar-refractivity contribution < 1.29 is 28.2 Å². The van der Waals surface area contributed by atoms with Crippen molar-refractivity contribution in [3.8, 4) is 16.3 Å². The fourth-order valence-electron chi connectivity index (χ4n) is 4.01. The lowest BCUT2D eigenvalue weighted by Crippen LogP contribution is -2.48. The van der Waals surface area contributed by atoms with Gasteiger partial charge in [0, 0.05) is 38.4 Å². The van der Waals surface area contributed by atoms with Crippen molar-refractivity contribution >= 4 is 17.2 Å². The second kappa shape index (κ2) is 10.8. The van der Waals surface area contributed by atoms with Gasteiger partial charge in [0.2, 0.25) is 5.43 Å². The molecule has 1 N–H and O–H groups in total. The van der Waals surface area contributed by atoms with Crippen LogP contribution in [0.25, 0.3) is 10.6 Å². The molecule has 0 bridgehead atoms. The largest absolute Gasteiger partial charge is 0.503 e. The van der Waals surface area contributed by atoms with E-state index in [1.54, 1.807) is 16.6 Å². The van der Waals surface area contributed by atoms with Crippen molar-refractivity contribution in [3.05, 3.63) is 62.5 Å². The van der Waals surface area contributed by atoms with Crippen LogP contribution in [0.3, 0.4) is 0 Å². The van der Waals surface area contributed by atoms with Crippen molar-refractivity contribution in [2.24, 2.45) is 0 Å². The van der Waals surface area contributed by atoms with Crippen molar-refractivity contribution in [2.75, 3.05) is 33.5 Å². The quantitative estimate of drug-likeness (QED) is 0.432. The second-order valence-electron chi connectivity index (χ2n) is 8.66. The summed E-state index contributed by atoms with van der Waals surface area (Å²) in [6.07, 6.45) is 1.54. The van der Waals surface area contributed by atoms with Gasteiger partial charge in [-0.3, -0.25) is 9.59 Å². The molecule has 3 aromatic rings. The molecule has 0 radical (unpaired) electrons. The highest BCUT2D eigenvalue weighted by Gasteiger charge is 2.36. The number of rotatable bonds is 9. The molecule has 1 unspecified atom stereocenters. The lowest BCUT2D eigenvalue weighted by Gasteiger charge is -2.38. The number of amides is 1. The zero-order valence-electron chi connectivity index (χ0n) is 20.0. The Balaban J connectivity index is 1.70. The molecule has 1 amide bonds. The van der Waals surface area contributed by atoms with E-state index < -0.39 is 28.7 Å². The topological polar surface area (TPSA) is 107 Å². The minimum absolute atomic E-state index is 0.0554. The van der Waals surface area contributed by atoms with Crippen LogP contribution in [0.15, 0.2) is 29.2 Å². The molecule has 1 aliphatic heterocycles. The van der Waals surface area contributed by atoms with Crippen LogP contribution < -0.4 is 5.43 Å². The van der Waals surface area contributed by atoms with Crippen LogP contribution >= 0.6 is 11.3 Å². The molecule has 0 fully saturated rings. The summed E-state index contributed by atoms with van der Waals surface area (Å²) in [5.74, 6) is -2.52. The molecular formula is C24H26F2N4O5S. The van der Waals surface area contributed by atoms with Gasteiger partial charge in [-0.1, -0.05) is 17.4 Å². The number of pyridine rings is 1. The first-order valence-electron chi connectivity index (χ1n) is 11.3. The predicted octanol–water partition coefficient (Wildman–Crippen LogP) is 3.01. The third-order valence-corrected chi connectivity index (χ3v) is 6.85. The van der Waals surface area contributed by atoms with Gasteiger partial charge in [-0.25, -0.2) is 8.78 Å². The lowest BCUT2D eigenvalue weighted by molar-refractivity contribution is 0.0298. The van der Waals surface area contributed by atoms with Crippen molar-refractivity contribution in [1.29, 1.82) is 0 Å². The monoisotopic (exact) mass is 520 g/mol. The number of ether oxygens (including phenoxy) is 2. The minimum Gasteiger partial charge on any atom is -0.503 e. The number of carbonyl (C=O) groups excluding carboxylic acids is 1. The molecule has 2 aromatic heterocycles. The van der Waals surface area contributed by atoms with E-state index in [9.17, 15) is 23.5 Å². The normalized spacial score (nSPS) is 15.6. The Kier molecular flexibility index (Phi) is 7.76. The van der Waals surface area contributed by atoms with Crippen LogP contribution in [0.1, 0.15) is 40.9 Å². The fourth-order valence-corrected chi connectivity index (χ4v) is 4.88. The molecule has 1 atom stereocenters. The first kappa shape index (κ1) is 25.9. The summed E-state index contributed by atoms with van der Waals surface area (Å²) >= 11 is 1.05. The summed E-state index contributed by atoms with van der Waals surface area (Å²) in [5, 5.41) is 19.5. The lowest BCUT2D eigenvalue weighted by atomic mass is 10.1. The maximum absolute atomic E-state index is 14.1. The average Bonchev–Trinajstić information content (AvgIpc) is 3.29. The molecule has 0 saturated carbocycles. The van der Waals surface area contributed by atoms with E-state index in [4.69, 9.17) is 9.47 Å². The Hall–Kier alpha value is -3.22. The smallest absolute Gasteiger partial charge is 0.274 e. The summed E-state index contributed by atoms with van der Waals surface area (Å²) in [7, 11) is 1.56. The van der Waals surface area contributed by atoms with E-state index >= 15 is 0 Å². The summed E-state index contributed by atoms with van der Waals surface area (Å²) in [5.41, 5.74) is -0.568. The van der Waals surface area contributed by atoms with Gasteiger partial charge in [0.1, 0.15) is 16.6 Å². The number of halogens is 2. The van der Waals surface area contributed by atoms with Gasteiger partial charge in [-0.2, -0.15) is 0 Å². The fraction of sp³-hybridized carbons (Fsp3) is 0.417. The summed E-state index contributed by atoms with van der Waals surface area (Å²) in [6.45, 7) is 4.99. The maximum atomic E-state index is 14.1. The van der Waals surface area contributed by atoms with Gasteiger partial charge in [-0.15, -0.1) is 10.2 Å². The molecule has 192 valence electrons. The molecule has 36 heavy (non-hydrogen) atoms. The number of aromatic nitrogens is 3. The maximum Gasteiger partial charge on any atom is 0.274 e. The van der Waals surface area contributed by atoms with E-state index in [2.05, 4.69) is 10.2 Å². The Bertz CT molecular complexity index is 1330. The van der Waals surface area contributed by atoms with E-state index in [-0.39, 0.29) is 46.9 Å². The first-order valence-corrected chi connectivity index (χ1v) is 12.1. The molecule has 9 nitrogen and oxygen atoms in total. The Morgan fingerprint density at radius 1 is 1.22 bits per heavy atom. The van der Waals surface area contributed by atoms with Gasteiger partial charge < -0.3 is 24.0 Å². The van der Waals surface area contributed by atoms with E-state index in [1.807, 2.05) is 13.8 Å². The molecule has 12 heteroatoms. The minimum atomic E-state index is -0.755. The van der Waals surface area contributed by atoms with E-state index in [1.165, 1.54) is 12.3 Å². The summed E-state index contributed by atoms with van der Waals surface area (Å²) in [6, 6.07) is 2.74. The number of benzene rings is 1. The van der Waals surface area contributed by atoms with Crippen molar-refractivity contribution in [2.45, 2.75) is 32.4 Å². The van der Waals surface area contributed by atoms with Gasteiger partial charge in [0.25, 0.3) is 5.91 Å². The standard InChI is InChI=1S/C24H26F2N4O5S/c1-13(2)29-10-16(12-35-7-6-34-3)30-11-17(21(31)22(32)20(30)24(29)33)23-28-27-19(36-23)8-14-4-5-15(25)9-18(14)26/h4-5,9,11,13,16,32H,6-8,10,12H2,1-3H3. The number of fused-ring (bicyclic) bond motifs is 1. The molecule has 4 rings (SSSR count). The highest BCUT2D eigenvalue weighted by molar-refractivity contribution is 7.14. The van der Waals surface area contributed by atoms with Gasteiger partial charge in [-0.05, 0) is 25.5 Å². The van der Waals surface area contributed by atoms with Crippen LogP contribution in [-0.2, 0) is 15.9 Å². The zero-order chi connectivity index (χ0) is 26.0. The van der Waals surface area contributed by atoms with E-state index in [0.29, 0.717) is 24.8 Å². The third kappa shape index (κ3) is 5.15. The molecule has 0 spiro atoms. The van der Waals surface area contributed by atoms with Crippen LogP contribution in [0, 0.1) is 11.6 Å². The number of hydrogen-bond donors (Lipinski definition) is 1. The Labute approximate surface area is 209 Å².